The van der Waals surface area contributed by atoms with Crippen LogP contribution in [-0.2, 0) is 0 Å². The Morgan fingerprint density at radius 3 is 2.62 bits per heavy atom. The van der Waals surface area contributed by atoms with Crippen LogP contribution in [0.4, 0.5) is 0 Å². The second-order valence-corrected chi connectivity index (χ2v) is 3.09. The van der Waals surface area contributed by atoms with Gasteiger partial charge in [-0.1, -0.05) is 23.5 Å². The Kier molecular flexibility index (Phi) is 3.22. The average Bonchev–Trinajstić information content (AvgIpc) is 2.57. The molecule has 0 unspecified atom stereocenters. The number of aromatic nitrogens is 2. The van der Waals surface area contributed by atoms with E-state index < -0.39 is 0 Å². The number of rotatable bonds is 1. The van der Waals surface area contributed by atoms with Crippen molar-refractivity contribution in [1.29, 1.82) is 0 Å². The molecule has 0 saturated carbocycles. The first-order chi connectivity index (χ1) is 5.88. The zero-order valence-corrected chi connectivity index (χ0v) is 8.18. The summed E-state index contributed by atoms with van der Waals surface area (Å²) >= 11 is 1.41. The minimum absolute atomic E-state index is 0. The van der Waals surface area contributed by atoms with Crippen molar-refractivity contribution in [1.82, 2.24) is 10.2 Å². The summed E-state index contributed by atoms with van der Waals surface area (Å²) in [4.78, 5) is 0. The molecule has 68 valence electrons. The van der Waals surface area contributed by atoms with Crippen LogP contribution >= 0.6 is 23.7 Å². The van der Waals surface area contributed by atoms with Gasteiger partial charge in [-0.15, -0.1) is 22.6 Å². The zero-order chi connectivity index (χ0) is 8.39. The normalized spacial score (nSPS) is 9.23. The van der Waals surface area contributed by atoms with E-state index in [1.165, 1.54) is 11.3 Å². The first kappa shape index (κ1) is 9.95. The highest BCUT2D eigenvalue weighted by molar-refractivity contribution is 7.12. The quantitative estimate of drug-likeness (QED) is 0.793. The van der Waals surface area contributed by atoms with Gasteiger partial charge in [-0.2, -0.15) is 0 Å². The van der Waals surface area contributed by atoms with E-state index in [9.17, 15) is 5.11 Å². The van der Waals surface area contributed by atoms with E-state index in [0.717, 1.165) is 10.6 Å². The van der Waals surface area contributed by atoms with Crippen molar-refractivity contribution in [2.24, 2.45) is 0 Å². The molecule has 0 aliphatic rings. The van der Waals surface area contributed by atoms with Gasteiger partial charge < -0.3 is 5.11 Å². The van der Waals surface area contributed by atoms with Gasteiger partial charge in [0, 0.05) is 0 Å². The number of aromatic hydroxyl groups is 1. The zero-order valence-electron chi connectivity index (χ0n) is 6.54. The second-order valence-electron chi connectivity index (χ2n) is 2.26. The van der Waals surface area contributed by atoms with Crippen LogP contribution in [0.15, 0.2) is 29.8 Å². The number of para-hydroxylation sites is 1. The van der Waals surface area contributed by atoms with Gasteiger partial charge in [0.15, 0.2) is 5.01 Å². The molecular weight excluding hydrogens is 208 g/mol. The molecule has 5 heteroatoms. The SMILES string of the molecule is Cl.Oc1ccccc1-c1nncs1. The van der Waals surface area contributed by atoms with Crippen LogP contribution in [0.2, 0.25) is 0 Å². The molecule has 0 amide bonds. The first-order valence-electron chi connectivity index (χ1n) is 3.42. The van der Waals surface area contributed by atoms with Gasteiger partial charge >= 0.3 is 0 Å². The summed E-state index contributed by atoms with van der Waals surface area (Å²) in [6, 6.07) is 7.09. The van der Waals surface area contributed by atoms with E-state index in [1.54, 1.807) is 17.6 Å². The van der Waals surface area contributed by atoms with E-state index in [0.29, 0.717) is 0 Å². The summed E-state index contributed by atoms with van der Waals surface area (Å²) in [6.07, 6.45) is 0. The van der Waals surface area contributed by atoms with E-state index >= 15 is 0 Å². The molecule has 0 spiro atoms. The Balaban J connectivity index is 0.000000845. The van der Waals surface area contributed by atoms with Crippen LogP contribution in [0.25, 0.3) is 10.6 Å². The monoisotopic (exact) mass is 214 g/mol. The van der Waals surface area contributed by atoms with Crippen molar-refractivity contribution in [2.75, 3.05) is 0 Å². The van der Waals surface area contributed by atoms with Gasteiger partial charge in [0.1, 0.15) is 11.3 Å². The van der Waals surface area contributed by atoms with Crippen molar-refractivity contribution >= 4 is 23.7 Å². The van der Waals surface area contributed by atoms with Crippen LogP contribution in [0.3, 0.4) is 0 Å². The molecule has 3 nitrogen and oxygen atoms in total. The van der Waals surface area contributed by atoms with Gasteiger partial charge in [0.05, 0.1) is 5.56 Å². The van der Waals surface area contributed by atoms with Crippen LogP contribution in [-0.4, -0.2) is 15.3 Å². The van der Waals surface area contributed by atoms with Crippen molar-refractivity contribution in [2.45, 2.75) is 0 Å². The number of halogens is 1. The number of nitrogens with zero attached hydrogens (tertiary/aromatic N) is 2. The third-order valence-electron chi connectivity index (χ3n) is 1.49. The molecule has 2 rings (SSSR count). The highest BCUT2D eigenvalue weighted by Gasteiger charge is 2.04. The molecule has 1 aromatic heterocycles. The van der Waals surface area contributed by atoms with Gasteiger partial charge in [-0.25, -0.2) is 0 Å². The van der Waals surface area contributed by atoms with Crippen molar-refractivity contribution in [3.63, 3.8) is 0 Å². The summed E-state index contributed by atoms with van der Waals surface area (Å²) in [5.41, 5.74) is 2.38. The molecule has 0 bridgehead atoms. The van der Waals surface area contributed by atoms with E-state index in [2.05, 4.69) is 10.2 Å². The number of benzene rings is 1. The minimum atomic E-state index is 0. The molecule has 0 atom stereocenters. The predicted octanol–water partition coefficient (Wildman–Crippen LogP) is 2.33. The second kappa shape index (κ2) is 4.20. The lowest BCUT2D eigenvalue weighted by molar-refractivity contribution is 0.477. The Morgan fingerprint density at radius 2 is 2.00 bits per heavy atom. The lowest BCUT2D eigenvalue weighted by Gasteiger charge is -1.97. The molecular formula is C8H7ClN2OS. The Labute approximate surface area is 85.5 Å². The highest BCUT2D eigenvalue weighted by atomic mass is 35.5. The van der Waals surface area contributed by atoms with Crippen LogP contribution in [0.5, 0.6) is 5.75 Å². The maximum atomic E-state index is 9.42. The molecule has 0 saturated heterocycles. The molecule has 1 aromatic carbocycles. The van der Waals surface area contributed by atoms with Gasteiger partial charge in [-0.3, -0.25) is 0 Å². The highest BCUT2D eigenvalue weighted by Crippen LogP contribution is 2.28. The van der Waals surface area contributed by atoms with Crippen LogP contribution < -0.4 is 0 Å². The van der Waals surface area contributed by atoms with Gasteiger partial charge in [0.2, 0.25) is 0 Å². The molecule has 0 radical (unpaired) electrons. The van der Waals surface area contributed by atoms with E-state index in [-0.39, 0.29) is 18.2 Å². The fourth-order valence-electron chi connectivity index (χ4n) is 0.945. The molecule has 1 N–H and O–H groups in total. The third kappa shape index (κ3) is 1.96. The Morgan fingerprint density at radius 1 is 1.23 bits per heavy atom. The molecule has 2 aromatic rings. The minimum Gasteiger partial charge on any atom is -0.507 e. The summed E-state index contributed by atoms with van der Waals surface area (Å²) in [5.74, 6) is 0.245. The fraction of sp³-hybridized carbons (Fsp3) is 0. The Hall–Kier alpha value is -1.13. The smallest absolute Gasteiger partial charge is 0.151 e. The number of phenols is 1. The predicted molar refractivity (Wildman–Crippen MR) is 54.3 cm³/mol. The maximum Gasteiger partial charge on any atom is 0.151 e. The van der Waals surface area contributed by atoms with Crippen molar-refractivity contribution in [3.8, 4) is 16.3 Å². The largest absolute Gasteiger partial charge is 0.507 e. The third-order valence-corrected chi connectivity index (χ3v) is 2.22. The lowest BCUT2D eigenvalue weighted by Crippen LogP contribution is -1.76. The van der Waals surface area contributed by atoms with Crippen molar-refractivity contribution < 1.29 is 5.11 Å². The van der Waals surface area contributed by atoms with Crippen molar-refractivity contribution in [3.05, 3.63) is 29.8 Å². The first-order valence-corrected chi connectivity index (χ1v) is 4.30. The summed E-state index contributed by atoms with van der Waals surface area (Å²) in [6.45, 7) is 0. The number of hydrogen-bond acceptors (Lipinski definition) is 4. The average molecular weight is 215 g/mol. The van der Waals surface area contributed by atoms with E-state index in [4.69, 9.17) is 0 Å². The molecule has 0 aliphatic carbocycles. The van der Waals surface area contributed by atoms with Gasteiger partial charge in [0.25, 0.3) is 0 Å². The Bertz CT molecular complexity index is 377. The summed E-state index contributed by atoms with van der Waals surface area (Å²) < 4.78 is 0. The fourth-order valence-corrected chi connectivity index (χ4v) is 1.53. The number of hydrogen-bond donors (Lipinski definition) is 1. The van der Waals surface area contributed by atoms with Crippen LogP contribution in [0, 0.1) is 0 Å². The van der Waals surface area contributed by atoms with Crippen LogP contribution in [0.1, 0.15) is 0 Å². The molecule has 13 heavy (non-hydrogen) atoms. The van der Waals surface area contributed by atoms with E-state index in [1.807, 2.05) is 12.1 Å². The van der Waals surface area contributed by atoms with Gasteiger partial charge in [-0.05, 0) is 12.1 Å². The standard InChI is InChI=1S/C8H6N2OS.ClH/c11-7-4-2-1-3-6(7)8-10-9-5-12-8;/h1-5,11H;1H. The number of phenolic OH excluding ortho intramolecular Hbond substituents is 1. The summed E-state index contributed by atoms with van der Waals surface area (Å²) in [5, 5.41) is 17.7. The maximum absolute atomic E-state index is 9.42. The molecule has 0 fully saturated rings. The molecule has 0 aliphatic heterocycles. The molecule has 1 heterocycles. The lowest BCUT2D eigenvalue weighted by atomic mass is 10.2. The topological polar surface area (TPSA) is 46.0 Å². The summed E-state index contributed by atoms with van der Waals surface area (Å²) in [7, 11) is 0.